The van der Waals surface area contributed by atoms with E-state index in [4.69, 9.17) is 9.47 Å². The van der Waals surface area contributed by atoms with E-state index in [-0.39, 0.29) is 12.3 Å². The second-order valence-corrected chi connectivity index (χ2v) is 9.54. The van der Waals surface area contributed by atoms with Gasteiger partial charge in [0, 0.05) is 17.7 Å². The fourth-order valence-corrected chi connectivity index (χ4v) is 3.58. The van der Waals surface area contributed by atoms with Crippen molar-refractivity contribution in [2.75, 3.05) is 6.54 Å². The van der Waals surface area contributed by atoms with Crippen LogP contribution in [-0.2, 0) is 11.3 Å². The normalized spacial score (nSPS) is 19.4. The van der Waals surface area contributed by atoms with Gasteiger partial charge in [-0.1, -0.05) is 30.3 Å². The number of Topliss-reactive ketones (excluding diaryl/α,β-unsaturated/α-hetero) is 1. The van der Waals surface area contributed by atoms with Crippen LogP contribution >= 0.6 is 0 Å². The van der Waals surface area contributed by atoms with Gasteiger partial charge in [0.25, 0.3) is 0 Å². The first-order valence-corrected chi connectivity index (χ1v) is 10.7. The first kappa shape index (κ1) is 23.8. The molecule has 3 N–H and O–H groups in total. The standard InChI is InChI=1S/C25H32N2O5/c1-24(2,3)32-23(30)27-21-18-13-17(11-12-20(18)31-25(4,5)22(21)29)19(28)15-26-14-16-9-7-6-8-10-16/h6-13,21-22,26,29H,14-15H2,1-5H3,(H,27,30)/t21-,22+/m1/s1. The summed E-state index contributed by atoms with van der Waals surface area (Å²) in [5, 5.41) is 16.8. The highest BCUT2D eigenvalue weighted by Gasteiger charge is 2.44. The molecule has 0 saturated carbocycles. The van der Waals surface area contributed by atoms with Gasteiger partial charge < -0.3 is 25.2 Å². The molecular weight excluding hydrogens is 408 g/mol. The average Bonchev–Trinajstić information content (AvgIpc) is 2.70. The molecule has 7 heteroatoms. The second-order valence-electron chi connectivity index (χ2n) is 9.54. The van der Waals surface area contributed by atoms with Crippen molar-refractivity contribution in [3.05, 3.63) is 65.2 Å². The van der Waals surface area contributed by atoms with Gasteiger partial charge in [0.1, 0.15) is 23.1 Å². The third-order valence-electron chi connectivity index (χ3n) is 5.20. The third kappa shape index (κ3) is 5.87. The number of amides is 1. The van der Waals surface area contributed by atoms with Gasteiger partial charge in [-0.2, -0.15) is 0 Å². The quantitative estimate of drug-likeness (QED) is 0.592. The van der Waals surface area contributed by atoms with E-state index in [2.05, 4.69) is 10.6 Å². The topological polar surface area (TPSA) is 96.9 Å². The van der Waals surface area contributed by atoms with Crippen molar-refractivity contribution in [2.45, 2.75) is 64.5 Å². The maximum atomic E-state index is 12.8. The monoisotopic (exact) mass is 440 g/mol. The number of carbonyl (C=O) groups excluding carboxylic acids is 2. The molecule has 0 saturated heterocycles. The Bertz CT molecular complexity index is 966. The van der Waals surface area contributed by atoms with E-state index in [0.29, 0.717) is 23.4 Å². The van der Waals surface area contributed by atoms with E-state index in [1.54, 1.807) is 52.8 Å². The molecule has 0 bridgehead atoms. The van der Waals surface area contributed by atoms with Crippen molar-refractivity contribution >= 4 is 11.9 Å². The van der Waals surface area contributed by atoms with Gasteiger partial charge in [-0.3, -0.25) is 4.79 Å². The van der Waals surface area contributed by atoms with E-state index in [1.807, 2.05) is 30.3 Å². The molecule has 1 amide bonds. The fourth-order valence-electron chi connectivity index (χ4n) is 3.58. The van der Waals surface area contributed by atoms with Crippen LogP contribution in [0, 0.1) is 0 Å². The Hall–Kier alpha value is -2.90. The number of ether oxygens (including phenoxy) is 2. The zero-order valence-corrected chi connectivity index (χ0v) is 19.3. The highest BCUT2D eigenvalue weighted by atomic mass is 16.6. The molecule has 1 aliphatic rings. The maximum Gasteiger partial charge on any atom is 0.408 e. The fraction of sp³-hybridized carbons (Fsp3) is 0.440. The molecule has 2 atom stereocenters. The number of fused-ring (bicyclic) bond motifs is 1. The molecule has 2 aromatic carbocycles. The number of nitrogens with one attached hydrogen (secondary N) is 2. The Morgan fingerprint density at radius 3 is 2.47 bits per heavy atom. The Balaban J connectivity index is 1.77. The minimum atomic E-state index is -1.04. The molecule has 0 aliphatic carbocycles. The largest absolute Gasteiger partial charge is 0.485 e. The van der Waals surface area contributed by atoms with Crippen molar-refractivity contribution in [2.24, 2.45) is 0 Å². The van der Waals surface area contributed by atoms with Crippen molar-refractivity contribution in [3.63, 3.8) is 0 Å². The van der Waals surface area contributed by atoms with Crippen LogP contribution in [0.5, 0.6) is 5.75 Å². The summed E-state index contributed by atoms with van der Waals surface area (Å²) in [5.41, 5.74) is 0.481. The molecule has 1 heterocycles. The van der Waals surface area contributed by atoms with Crippen LogP contribution in [0.25, 0.3) is 0 Å². The summed E-state index contributed by atoms with van der Waals surface area (Å²) in [4.78, 5) is 25.2. The molecule has 0 unspecified atom stereocenters. The Morgan fingerprint density at radius 1 is 1.12 bits per heavy atom. The number of ketones is 1. The van der Waals surface area contributed by atoms with Crippen molar-refractivity contribution in [3.8, 4) is 5.75 Å². The molecule has 0 spiro atoms. The highest BCUT2D eigenvalue weighted by Crippen LogP contribution is 2.40. The zero-order chi connectivity index (χ0) is 23.5. The van der Waals surface area contributed by atoms with Crippen molar-refractivity contribution < 1.29 is 24.2 Å². The lowest BCUT2D eigenvalue weighted by Crippen LogP contribution is -2.54. The van der Waals surface area contributed by atoms with Gasteiger partial charge in [0.05, 0.1) is 12.6 Å². The number of rotatable bonds is 6. The van der Waals surface area contributed by atoms with Crippen LogP contribution in [0.3, 0.4) is 0 Å². The molecule has 0 fully saturated rings. The molecule has 172 valence electrons. The minimum Gasteiger partial charge on any atom is -0.485 e. The van der Waals surface area contributed by atoms with Crippen molar-refractivity contribution in [1.82, 2.24) is 10.6 Å². The summed E-state index contributed by atoms with van der Waals surface area (Å²) >= 11 is 0. The SMILES string of the molecule is CC(C)(C)OC(=O)N[C@@H]1c2cc(C(=O)CNCc3ccccc3)ccc2OC(C)(C)[C@H]1O. The van der Waals surface area contributed by atoms with E-state index >= 15 is 0 Å². The minimum absolute atomic E-state index is 0.0981. The van der Waals surface area contributed by atoms with Crippen LogP contribution in [0.2, 0.25) is 0 Å². The number of hydrogen-bond donors (Lipinski definition) is 3. The first-order chi connectivity index (χ1) is 15.0. The van der Waals surface area contributed by atoms with E-state index in [9.17, 15) is 14.7 Å². The molecule has 2 aromatic rings. The Labute approximate surface area is 189 Å². The lowest BCUT2D eigenvalue weighted by Gasteiger charge is -2.42. The Morgan fingerprint density at radius 2 is 1.81 bits per heavy atom. The van der Waals surface area contributed by atoms with E-state index in [0.717, 1.165) is 5.56 Å². The summed E-state index contributed by atoms with van der Waals surface area (Å²) in [6, 6.07) is 14.1. The van der Waals surface area contributed by atoms with Crippen LogP contribution in [0.1, 0.15) is 62.1 Å². The summed E-state index contributed by atoms with van der Waals surface area (Å²) in [5.74, 6) is 0.411. The second kappa shape index (κ2) is 9.30. The molecule has 0 radical (unpaired) electrons. The predicted molar refractivity (Wildman–Crippen MR) is 122 cm³/mol. The molecule has 3 rings (SSSR count). The highest BCUT2D eigenvalue weighted by molar-refractivity contribution is 5.98. The molecule has 1 aliphatic heterocycles. The smallest absolute Gasteiger partial charge is 0.408 e. The molecule has 32 heavy (non-hydrogen) atoms. The number of aliphatic hydroxyl groups excluding tert-OH is 1. The molecular formula is C25H32N2O5. The first-order valence-electron chi connectivity index (χ1n) is 10.7. The number of aliphatic hydroxyl groups is 1. The number of alkyl carbamates (subject to hydrolysis) is 1. The van der Waals surface area contributed by atoms with Crippen LogP contribution in [0.4, 0.5) is 4.79 Å². The van der Waals surface area contributed by atoms with E-state index < -0.39 is 29.4 Å². The van der Waals surface area contributed by atoms with E-state index in [1.165, 1.54) is 0 Å². The number of carbonyl (C=O) groups is 2. The lowest BCUT2D eigenvalue weighted by atomic mass is 9.85. The van der Waals surface area contributed by atoms with Gasteiger partial charge in [0.15, 0.2) is 5.78 Å². The van der Waals surface area contributed by atoms with Gasteiger partial charge >= 0.3 is 6.09 Å². The average molecular weight is 441 g/mol. The zero-order valence-electron chi connectivity index (χ0n) is 19.3. The third-order valence-corrected chi connectivity index (χ3v) is 5.20. The van der Waals surface area contributed by atoms with Crippen molar-refractivity contribution in [1.29, 1.82) is 0 Å². The van der Waals surface area contributed by atoms with Gasteiger partial charge in [-0.05, 0) is 58.4 Å². The number of benzene rings is 2. The number of hydrogen-bond acceptors (Lipinski definition) is 6. The van der Waals surface area contributed by atoms with Gasteiger partial charge in [-0.25, -0.2) is 4.79 Å². The van der Waals surface area contributed by atoms with Crippen LogP contribution < -0.4 is 15.4 Å². The summed E-state index contributed by atoms with van der Waals surface area (Å²) in [6.07, 6.45) is -1.68. The Kier molecular flexibility index (Phi) is 6.91. The van der Waals surface area contributed by atoms with Gasteiger partial charge in [-0.15, -0.1) is 0 Å². The molecule has 7 nitrogen and oxygen atoms in total. The van der Waals surface area contributed by atoms with Gasteiger partial charge in [0.2, 0.25) is 0 Å². The van der Waals surface area contributed by atoms with Crippen LogP contribution in [0.15, 0.2) is 48.5 Å². The molecule has 0 aromatic heterocycles. The van der Waals surface area contributed by atoms with Crippen LogP contribution in [-0.4, -0.2) is 40.8 Å². The summed E-state index contributed by atoms with van der Waals surface area (Å²) in [7, 11) is 0. The summed E-state index contributed by atoms with van der Waals surface area (Å²) < 4.78 is 11.3. The lowest BCUT2D eigenvalue weighted by molar-refractivity contribution is -0.0653. The summed E-state index contributed by atoms with van der Waals surface area (Å²) in [6.45, 7) is 9.54. The predicted octanol–water partition coefficient (Wildman–Crippen LogP) is 3.76. The maximum absolute atomic E-state index is 12.8.